The highest BCUT2D eigenvalue weighted by molar-refractivity contribution is 7.92. The fraction of sp³-hybridized carbons (Fsp3) is 0.174. The van der Waals surface area contributed by atoms with Crippen molar-refractivity contribution in [1.82, 2.24) is 0 Å². The number of phenols is 1. The van der Waals surface area contributed by atoms with E-state index in [2.05, 4.69) is 4.72 Å². The van der Waals surface area contributed by atoms with Crippen molar-refractivity contribution in [3.05, 3.63) is 78.4 Å². The van der Waals surface area contributed by atoms with E-state index in [0.717, 1.165) is 11.1 Å². The van der Waals surface area contributed by atoms with Crippen molar-refractivity contribution in [2.45, 2.75) is 25.7 Å². The maximum Gasteiger partial charge on any atom is 0.261 e. The Kier molecular flexibility index (Phi) is 5.48. The normalized spacial score (nSPS) is 11.8. The first-order valence-electron chi connectivity index (χ1n) is 9.13. The minimum Gasteiger partial charge on any atom is -0.508 e. The van der Waals surface area contributed by atoms with Gasteiger partial charge in [-0.05, 0) is 47.5 Å². The average Bonchev–Trinajstić information content (AvgIpc) is 2.67. The lowest BCUT2D eigenvalue weighted by Gasteiger charge is -2.16. The van der Waals surface area contributed by atoms with Crippen LogP contribution in [0.4, 0.5) is 5.69 Å². The molecule has 0 fully saturated rings. The van der Waals surface area contributed by atoms with Gasteiger partial charge in [0.15, 0.2) is 5.78 Å². The van der Waals surface area contributed by atoms with Crippen LogP contribution in [0, 0.1) is 5.41 Å². The van der Waals surface area contributed by atoms with Gasteiger partial charge >= 0.3 is 0 Å². The van der Waals surface area contributed by atoms with Crippen LogP contribution in [0.2, 0.25) is 0 Å². The summed E-state index contributed by atoms with van der Waals surface area (Å²) in [6.07, 6.45) is 0. The van der Waals surface area contributed by atoms with Crippen LogP contribution in [0.3, 0.4) is 0 Å². The Bertz CT molecular complexity index is 1130. The maximum atomic E-state index is 12.7. The molecule has 29 heavy (non-hydrogen) atoms. The molecular weight excluding hydrogens is 386 g/mol. The lowest BCUT2D eigenvalue weighted by molar-refractivity contribution is 0.0858. The average molecular weight is 410 g/mol. The predicted molar refractivity (Wildman–Crippen MR) is 115 cm³/mol. The lowest BCUT2D eigenvalue weighted by atomic mass is 9.87. The van der Waals surface area contributed by atoms with E-state index in [9.17, 15) is 18.3 Å². The largest absolute Gasteiger partial charge is 0.508 e. The summed E-state index contributed by atoms with van der Waals surface area (Å²) in [4.78, 5) is 12.4. The van der Waals surface area contributed by atoms with Gasteiger partial charge in [0.25, 0.3) is 10.0 Å². The number of phenolic OH excluding ortho intramolecular Hbond substituents is 1. The first-order chi connectivity index (χ1) is 13.6. The number of anilines is 1. The second kappa shape index (κ2) is 7.72. The van der Waals surface area contributed by atoms with Crippen molar-refractivity contribution in [2.24, 2.45) is 5.41 Å². The van der Waals surface area contributed by atoms with E-state index >= 15 is 0 Å². The van der Waals surface area contributed by atoms with Crippen LogP contribution in [0.5, 0.6) is 5.75 Å². The van der Waals surface area contributed by atoms with Crippen LogP contribution < -0.4 is 4.72 Å². The van der Waals surface area contributed by atoms with Crippen LogP contribution >= 0.6 is 0 Å². The fourth-order valence-electron chi connectivity index (χ4n) is 2.85. The molecule has 0 saturated heterocycles. The number of hydrogen-bond donors (Lipinski definition) is 2. The minimum atomic E-state index is -3.78. The Balaban J connectivity index is 1.78. The number of aromatic hydroxyl groups is 1. The number of carbonyl (C=O) groups is 1. The fourth-order valence-corrected chi connectivity index (χ4v) is 3.91. The Labute approximate surface area is 171 Å². The number of carbonyl (C=O) groups excluding carboxylic acids is 1. The molecule has 150 valence electrons. The van der Waals surface area contributed by atoms with Crippen LogP contribution in [0.25, 0.3) is 11.1 Å². The highest BCUT2D eigenvalue weighted by Gasteiger charge is 2.23. The third-order valence-electron chi connectivity index (χ3n) is 4.42. The zero-order chi connectivity index (χ0) is 21.2. The summed E-state index contributed by atoms with van der Waals surface area (Å²) >= 11 is 0. The van der Waals surface area contributed by atoms with Crippen molar-refractivity contribution in [3.8, 4) is 16.9 Å². The smallest absolute Gasteiger partial charge is 0.261 e. The molecule has 0 aliphatic heterocycles. The van der Waals surface area contributed by atoms with Gasteiger partial charge in [0.1, 0.15) is 5.75 Å². The molecular formula is C23H23NO4S. The first-order valence-corrected chi connectivity index (χ1v) is 10.6. The summed E-state index contributed by atoms with van der Waals surface area (Å²) in [5, 5.41) is 9.59. The number of benzene rings is 3. The van der Waals surface area contributed by atoms with E-state index in [4.69, 9.17) is 0 Å². The number of hydrogen-bond acceptors (Lipinski definition) is 4. The van der Waals surface area contributed by atoms with Crippen LogP contribution in [-0.2, 0) is 10.0 Å². The first kappa shape index (κ1) is 20.6. The van der Waals surface area contributed by atoms with Crippen LogP contribution in [0.1, 0.15) is 31.1 Å². The summed E-state index contributed by atoms with van der Waals surface area (Å²) in [6.45, 7) is 5.46. The van der Waals surface area contributed by atoms with E-state index in [1.165, 1.54) is 24.3 Å². The molecule has 3 aromatic carbocycles. The molecule has 5 nitrogen and oxygen atoms in total. The molecule has 0 atom stereocenters. The Morgan fingerprint density at radius 2 is 1.48 bits per heavy atom. The molecule has 0 amide bonds. The van der Waals surface area contributed by atoms with Gasteiger partial charge < -0.3 is 5.11 Å². The van der Waals surface area contributed by atoms with Gasteiger partial charge in [0, 0.05) is 16.7 Å². The highest BCUT2D eigenvalue weighted by Crippen LogP contribution is 2.26. The maximum absolute atomic E-state index is 12.7. The Morgan fingerprint density at radius 3 is 2.03 bits per heavy atom. The quantitative estimate of drug-likeness (QED) is 0.575. The third kappa shape index (κ3) is 4.84. The Morgan fingerprint density at radius 1 is 0.862 bits per heavy atom. The highest BCUT2D eigenvalue weighted by atomic mass is 32.2. The topological polar surface area (TPSA) is 83.5 Å². The number of sulfonamides is 1. The molecule has 0 aliphatic carbocycles. The van der Waals surface area contributed by atoms with E-state index < -0.39 is 15.4 Å². The summed E-state index contributed by atoms with van der Waals surface area (Å²) in [7, 11) is -3.78. The molecule has 3 aromatic rings. The van der Waals surface area contributed by atoms with Gasteiger partial charge in [0.05, 0.1) is 4.90 Å². The number of Topliss-reactive ketones (excluding diaryl/α,β-unsaturated/α-hetero) is 1. The van der Waals surface area contributed by atoms with Crippen molar-refractivity contribution in [3.63, 3.8) is 0 Å². The van der Waals surface area contributed by atoms with E-state index in [1.54, 1.807) is 42.5 Å². The van der Waals surface area contributed by atoms with Gasteiger partial charge in [-0.1, -0.05) is 57.2 Å². The zero-order valence-corrected chi connectivity index (χ0v) is 17.3. The van der Waals surface area contributed by atoms with Gasteiger partial charge in [-0.25, -0.2) is 8.42 Å². The van der Waals surface area contributed by atoms with Gasteiger partial charge in [-0.15, -0.1) is 0 Å². The van der Waals surface area contributed by atoms with E-state index in [0.29, 0.717) is 11.3 Å². The summed E-state index contributed by atoms with van der Waals surface area (Å²) < 4.78 is 27.8. The predicted octanol–water partition coefficient (Wildman–Crippen LogP) is 5.09. The van der Waals surface area contributed by atoms with E-state index in [1.807, 2.05) is 26.8 Å². The Hall–Kier alpha value is -3.12. The van der Waals surface area contributed by atoms with Crippen LogP contribution in [-0.4, -0.2) is 19.3 Å². The summed E-state index contributed by atoms with van der Waals surface area (Å²) in [5.41, 5.74) is 2.05. The summed E-state index contributed by atoms with van der Waals surface area (Å²) in [5.74, 6) is 0.123. The number of nitrogens with one attached hydrogen (secondary N) is 1. The van der Waals surface area contributed by atoms with Crippen LogP contribution in [0.15, 0.2) is 77.7 Å². The van der Waals surface area contributed by atoms with Gasteiger partial charge in [-0.2, -0.15) is 0 Å². The number of ketones is 1. The molecule has 0 bridgehead atoms. The van der Waals surface area contributed by atoms with Gasteiger partial charge in [0.2, 0.25) is 0 Å². The van der Waals surface area contributed by atoms with Crippen molar-refractivity contribution >= 4 is 21.5 Å². The minimum absolute atomic E-state index is 0.0445. The van der Waals surface area contributed by atoms with Gasteiger partial charge in [-0.3, -0.25) is 9.52 Å². The molecule has 0 heterocycles. The second-order valence-electron chi connectivity index (χ2n) is 7.84. The lowest BCUT2D eigenvalue weighted by Crippen LogP contribution is -2.20. The zero-order valence-electron chi connectivity index (χ0n) is 16.5. The molecule has 0 spiro atoms. The molecule has 0 aromatic heterocycles. The van der Waals surface area contributed by atoms with Crippen molar-refractivity contribution < 1.29 is 18.3 Å². The standard InChI is InChI=1S/C23H23NO4S/c1-23(2,3)22(26)17-9-13-21(14-10-17)29(27,28)24-19-11-7-16(8-12-19)18-5-4-6-20(25)15-18/h4-15,24-25H,1-3H3. The molecule has 2 N–H and O–H groups in total. The molecule has 0 unspecified atom stereocenters. The van der Waals surface area contributed by atoms with Crippen molar-refractivity contribution in [1.29, 1.82) is 0 Å². The van der Waals surface area contributed by atoms with E-state index in [-0.39, 0.29) is 16.4 Å². The number of rotatable bonds is 5. The summed E-state index contributed by atoms with van der Waals surface area (Å²) in [6, 6.07) is 19.6. The molecule has 0 aliphatic rings. The monoisotopic (exact) mass is 409 g/mol. The second-order valence-corrected chi connectivity index (χ2v) is 9.52. The third-order valence-corrected chi connectivity index (χ3v) is 5.82. The molecule has 0 radical (unpaired) electrons. The van der Waals surface area contributed by atoms with Crippen molar-refractivity contribution in [2.75, 3.05) is 4.72 Å². The molecule has 0 saturated carbocycles. The molecule has 6 heteroatoms. The SMILES string of the molecule is CC(C)(C)C(=O)c1ccc(S(=O)(=O)Nc2ccc(-c3cccc(O)c3)cc2)cc1. The molecule has 3 rings (SSSR count).